The van der Waals surface area contributed by atoms with Crippen LogP contribution < -0.4 is 0 Å². The number of furan rings is 1. The van der Waals surface area contributed by atoms with Gasteiger partial charge in [0.2, 0.25) is 0 Å². The molecule has 3 nitrogen and oxygen atoms in total. The zero-order chi connectivity index (χ0) is 12.8. The number of methoxy groups -OCH3 is 1. The molecule has 0 saturated carbocycles. The molecule has 3 heteroatoms. The van der Waals surface area contributed by atoms with Gasteiger partial charge in [0, 0.05) is 18.2 Å². The number of rotatable bonds is 3. The summed E-state index contributed by atoms with van der Waals surface area (Å²) in [7, 11) is 1.61. The Morgan fingerprint density at radius 2 is 1.94 bits per heavy atom. The first-order valence-corrected chi connectivity index (χ1v) is 5.45. The topological polar surface area (TPSA) is 39.4 Å². The molecule has 2 aromatic rings. The lowest BCUT2D eigenvalue weighted by Gasteiger charge is -1.90. The first kappa shape index (κ1) is 12.2. The van der Waals surface area contributed by atoms with E-state index in [1.54, 1.807) is 25.5 Å². The molecule has 0 N–H and O–H groups in total. The Labute approximate surface area is 105 Å². The van der Waals surface area contributed by atoms with Crippen LogP contribution in [0.4, 0.5) is 0 Å². The monoisotopic (exact) mass is 240 g/mol. The summed E-state index contributed by atoms with van der Waals surface area (Å²) < 4.78 is 10.2. The van der Waals surface area contributed by atoms with Crippen molar-refractivity contribution in [3.8, 4) is 11.8 Å². The smallest absolute Gasteiger partial charge is 0.150 e. The molecule has 1 aromatic carbocycles. The van der Waals surface area contributed by atoms with Gasteiger partial charge < -0.3 is 9.15 Å². The van der Waals surface area contributed by atoms with Gasteiger partial charge in [0.25, 0.3) is 0 Å². The van der Waals surface area contributed by atoms with E-state index >= 15 is 0 Å². The van der Waals surface area contributed by atoms with E-state index in [9.17, 15) is 4.79 Å². The summed E-state index contributed by atoms with van der Waals surface area (Å²) in [6.45, 7) is 0.440. The zero-order valence-electron chi connectivity index (χ0n) is 9.97. The van der Waals surface area contributed by atoms with Crippen molar-refractivity contribution in [3.63, 3.8) is 0 Å². The number of carbonyl (C=O) groups is 1. The summed E-state index contributed by atoms with van der Waals surface area (Å²) in [5.41, 5.74) is 2.31. The Kier molecular flexibility index (Phi) is 3.95. The van der Waals surface area contributed by atoms with Crippen LogP contribution in [0.1, 0.15) is 27.2 Å². The van der Waals surface area contributed by atoms with Crippen molar-refractivity contribution >= 4 is 6.29 Å². The minimum absolute atomic E-state index is 0.440. The maximum Gasteiger partial charge on any atom is 0.150 e. The third-order valence-corrected chi connectivity index (χ3v) is 2.34. The maximum atomic E-state index is 10.5. The van der Waals surface area contributed by atoms with E-state index in [2.05, 4.69) is 11.8 Å². The Hall–Kier alpha value is -2.31. The van der Waals surface area contributed by atoms with Gasteiger partial charge in [-0.3, -0.25) is 4.79 Å². The molecule has 0 unspecified atom stereocenters. The Balaban J connectivity index is 2.11. The number of ether oxygens (including phenoxy) is 1. The van der Waals surface area contributed by atoms with E-state index in [1.807, 2.05) is 18.2 Å². The summed E-state index contributed by atoms with van der Waals surface area (Å²) in [5.74, 6) is 6.74. The summed E-state index contributed by atoms with van der Waals surface area (Å²) in [6.07, 6.45) is 2.41. The highest BCUT2D eigenvalue weighted by atomic mass is 16.5. The zero-order valence-corrected chi connectivity index (χ0v) is 9.97. The van der Waals surface area contributed by atoms with E-state index in [0.717, 1.165) is 23.2 Å². The van der Waals surface area contributed by atoms with Crippen LogP contribution in [0.25, 0.3) is 0 Å². The molecule has 0 aliphatic heterocycles. The van der Waals surface area contributed by atoms with Crippen molar-refractivity contribution in [3.05, 3.63) is 59.0 Å². The molecule has 0 bridgehead atoms. The molecule has 0 saturated heterocycles. The highest BCUT2D eigenvalue weighted by Crippen LogP contribution is 2.08. The highest BCUT2D eigenvalue weighted by molar-refractivity contribution is 5.74. The van der Waals surface area contributed by atoms with Crippen molar-refractivity contribution in [1.29, 1.82) is 0 Å². The average Bonchev–Trinajstić information content (AvgIpc) is 2.85. The van der Waals surface area contributed by atoms with Crippen molar-refractivity contribution in [2.45, 2.75) is 6.61 Å². The Bertz CT molecular complexity index is 582. The number of aldehydes is 1. The van der Waals surface area contributed by atoms with E-state index in [1.165, 1.54) is 0 Å². The van der Waals surface area contributed by atoms with Gasteiger partial charge in [-0.25, -0.2) is 0 Å². The minimum atomic E-state index is 0.440. The van der Waals surface area contributed by atoms with Crippen LogP contribution in [-0.2, 0) is 11.3 Å². The normalized spacial score (nSPS) is 9.61. The molecular weight excluding hydrogens is 228 g/mol. The van der Waals surface area contributed by atoms with Crippen LogP contribution in [-0.4, -0.2) is 13.4 Å². The van der Waals surface area contributed by atoms with Crippen LogP contribution in [0, 0.1) is 11.8 Å². The van der Waals surface area contributed by atoms with Crippen molar-refractivity contribution < 1.29 is 13.9 Å². The third kappa shape index (κ3) is 3.09. The van der Waals surface area contributed by atoms with Gasteiger partial charge in [-0.2, -0.15) is 0 Å². The second-order valence-corrected chi connectivity index (χ2v) is 3.72. The largest absolute Gasteiger partial charge is 0.466 e. The van der Waals surface area contributed by atoms with Gasteiger partial charge >= 0.3 is 0 Å². The molecule has 0 amide bonds. The van der Waals surface area contributed by atoms with Gasteiger partial charge in [0.15, 0.2) is 0 Å². The molecule has 0 aliphatic carbocycles. The third-order valence-electron chi connectivity index (χ3n) is 2.34. The highest BCUT2D eigenvalue weighted by Gasteiger charge is 1.98. The summed E-state index contributed by atoms with van der Waals surface area (Å²) in [4.78, 5) is 10.5. The van der Waals surface area contributed by atoms with Gasteiger partial charge in [-0.05, 0) is 18.2 Å². The van der Waals surface area contributed by atoms with Crippen LogP contribution in [0.15, 0.2) is 41.0 Å². The first-order chi connectivity index (χ1) is 8.81. The molecule has 0 radical (unpaired) electrons. The van der Waals surface area contributed by atoms with Crippen LogP contribution in [0.2, 0.25) is 0 Å². The second kappa shape index (κ2) is 5.85. The lowest BCUT2D eigenvalue weighted by atomic mass is 10.1. The van der Waals surface area contributed by atoms with Crippen LogP contribution in [0.3, 0.4) is 0 Å². The van der Waals surface area contributed by atoms with E-state index in [-0.39, 0.29) is 0 Å². The summed E-state index contributed by atoms with van der Waals surface area (Å²) in [6, 6.07) is 8.95. The molecule has 0 atom stereocenters. The maximum absolute atomic E-state index is 10.5. The fourth-order valence-corrected chi connectivity index (χ4v) is 1.45. The number of hydrogen-bond donors (Lipinski definition) is 0. The summed E-state index contributed by atoms with van der Waals surface area (Å²) in [5, 5.41) is 0. The summed E-state index contributed by atoms with van der Waals surface area (Å²) >= 11 is 0. The van der Waals surface area contributed by atoms with Gasteiger partial charge in [-0.15, -0.1) is 0 Å². The fraction of sp³-hybridized carbons (Fsp3) is 0.133. The number of benzene rings is 1. The van der Waals surface area contributed by atoms with Crippen molar-refractivity contribution in [2.24, 2.45) is 0 Å². The minimum Gasteiger partial charge on any atom is -0.466 e. The lowest BCUT2D eigenvalue weighted by Crippen LogP contribution is -1.82. The lowest BCUT2D eigenvalue weighted by molar-refractivity contribution is 0.112. The molecule has 0 fully saturated rings. The van der Waals surface area contributed by atoms with Gasteiger partial charge in [-0.1, -0.05) is 24.0 Å². The molecular formula is C15H12O3. The van der Waals surface area contributed by atoms with Crippen molar-refractivity contribution in [1.82, 2.24) is 0 Å². The van der Waals surface area contributed by atoms with Gasteiger partial charge in [0.1, 0.15) is 24.9 Å². The van der Waals surface area contributed by atoms with E-state index in [4.69, 9.17) is 9.15 Å². The molecule has 90 valence electrons. The quantitative estimate of drug-likeness (QED) is 0.611. The predicted octanol–water partition coefficient (Wildman–Crippen LogP) is 2.64. The molecule has 0 spiro atoms. The first-order valence-electron chi connectivity index (χ1n) is 5.45. The molecule has 1 heterocycles. The molecule has 0 aliphatic rings. The molecule has 2 rings (SSSR count). The SMILES string of the molecule is COCc1cc(C#Cc2ccc(C=O)cc2)co1. The Morgan fingerprint density at radius 1 is 1.22 bits per heavy atom. The predicted molar refractivity (Wildman–Crippen MR) is 67.2 cm³/mol. The van der Waals surface area contributed by atoms with E-state index < -0.39 is 0 Å². The van der Waals surface area contributed by atoms with Crippen LogP contribution in [0.5, 0.6) is 0 Å². The Morgan fingerprint density at radius 3 is 2.61 bits per heavy atom. The molecule has 1 aromatic heterocycles. The van der Waals surface area contributed by atoms with E-state index in [0.29, 0.717) is 12.2 Å². The second-order valence-electron chi connectivity index (χ2n) is 3.72. The van der Waals surface area contributed by atoms with Crippen LogP contribution >= 0.6 is 0 Å². The number of hydrogen-bond acceptors (Lipinski definition) is 3. The molecule has 18 heavy (non-hydrogen) atoms. The number of carbonyl (C=O) groups excluding carboxylic acids is 1. The van der Waals surface area contributed by atoms with Crippen molar-refractivity contribution in [2.75, 3.05) is 7.11 Å². The average molecular weight is 240 g/mol. The van der Waals surface area contributed by atoms with Gasteiger partial charge in [0.05, 0.1) is 5.56 Å². The standard InChI is InChI=1S/C15H12O3/c1-17-11-15-8-14(10-18-15)7-4-12-2-5-13(9-16)6-3-12/h2-3,5-6,8-10H,11H2,1H3. The fourth-order valence-electron chi connectivity index (χ4n) is 1.45.